The predicted octanol–water partition coefficient (Wildman–Crippen LogP) is 2.80. The minimum atomic E-state index is 0.631. The maximum Gasteiger partial charge on any atom is 0.142 e. The zero-order valence-electron chi connectivity index (χ0n) is 7.84. The predicted molar refractivity (Wildman–Crippen MR) is 55.6 cm³/mol. The topological polar surface area (TPSA) is 41.6 Å². The third-order valence-electron chi connectivity index (χ3n) is 2.56. The van der Waals surface area contributed by atoms with Crippen LogP contribution in [0, 0.1) is 6.92 Å². The van der Waals surface area contributed by atoms with Gasteiger partial charge in [-0.05, 0) is 25.8 Å². The van der Waals surface area contributed by atoms with Crippen molar-refractivity contribution < 1.29 is 0 Å². The van der Waals surface area contributed by atoms with Gasteiger partial charge in [0.1, 0.15) is 16.6 Å². The number of rotatable bonds is 1. The van der Waals surface area contributed by atoms with Gasteiger partial charge in [0.15, 0.2) is 0 Å². The van der Waals surface area contributed by atoms with Crippen molar-refractivity contribution in [1.29, 1.82) is 0 Å². The number of fused-ring (bicyclic) bond motifs is 1. The van der Waals surface area contributed by atoms with Gasteiger partial charge >= 0.3 is 0 Å². The van der Waals surface area contributed by atoms with Gasteiger partial charge in [0.2, 0.25) is 0 Å². The second kappa shape index (κ2) is 2.70. The van der Waals surface area contributed by atoms with Gasteiger partial charge in [-0.3, -0.25) is 0 Å². The number of aromatic amines is 1. The molecule has 0 radical (unpaired) electrons. The Labute approximate surface area is 86.5 Å². The minimum absolute atomic E-state index is 0.631. The number of aromatic nitrogens is 3. The SMILES string of the molecule is Cc1nc(C2CC2)c2cc(Cl)[nH]c2n1. The molecule has 3 rings (SSSR count). The first-order valence-corrected chi connectivity index (χ1v) is 5.14. The summed E-state index contributed by atoms with van der Waals surface area (Å²) in [5.41, 5.74) is 2.03. The second-order valence-corrected chi connectivity index (χ2v) is 4.22. The van der Waals surface area contributed by atoms with Gasteiger partial charge < -0.3 is 4.98 Å². The van der Waals surface area contributed by atoms with Crippen LogP contribution in [0.3, 0.4) is 0 Å². The van der Waals surface area contributed by atoms with Crippen molar-refractivity contribution in [1.82, 2.24) is 15.0 Å². The summed E-state index contributed by atoms with van der Waals surface area (Å²) in [6.45, 7) is 1.92. The van der Waals surface area contributed by atoms with E-state index < -0.39 is 0 Å². The Balaban J connectivity index is 2.33. The molecule has 0 aliphatic heterocycles. The normalized spacial score (nSPS) is 16.4. The molecule has 0 saturated heterocycles. The minimum Gasteiger partial charge on any atom is -0.330 e. The van der Waals surface area contributed by atoms with Crippen LogP contribution in [0.15, 0.2) is 6.07 Å². The van der Waals surface area contributed by atoms with Crippen molar-refractivity contribution in [3.63, 3.8) is 0 Å². The van der Waals surface area contributed by atoms with Gasteiger partial charge in [0.05, 0.1) is 5.69 Å². The summed E-state index contributed by atoms with van der Waals surface area (Å²) in [6.07, 6.45) is 2.49. The number of aryl methyl sites for hydroxylation is 1. The van der Waals surface area contributed by atoms with E-state index >= 15 is 0 Å². The van der Waals surface area contributed by atoms with E-state index in [0.29, 0.717) is 11.1 Å². The van der Waals surface area contributed by atoms with E-state index in [1.54, 1.807) is 0 Å². The lowest BCUT2D eigenvalue weighted by Gasteiger charge is -2.00. The molecule has 0 unspecified atom stereocenters. The lowest BCUT2D eigenvalue weighted by Crippen LogP contribution is -1.94. The Morgan fingerprint density at radius 1 is 1.43 bits per heavy atom. The van der Waals surface area contributed by atoms with Crippen LogP contribution in [0.5, 0.6) is 0 Å². The molecule has 14 heavy (non-hydrogen) atoms. The highest BCUT2D eigenvalue weighted by atomic mass is 35.5. The summed E-state index contributed by atoms with van der Waals surface area (Å²) in [7, 11) is 0. The molecule has 0 atom stereocenters. The Morgan fingerprint density at radius 3 is 2.93 bits per heavy atom. The van der Waals surface area contributed by atoms with Crippen molar-refractivity contribution >= 4 is 22.6 Å². The molecular formula is C10H10ClN3. The lowest BCUT2D eigenvalue weighted by molar-refractivity contribution is 0.969. The smallest absolute Gasteiger partial charge is 0.142 e. The summed E-state index contributed by atoms with van der Waals surface area (Å²) < 4.78 is 0. The van der Waals surface area contributed by atoms with Crippen LogP contribution >= 0.6 is 11.6 Å². The Morgan fingerprint density at radius 2 is 2.21 bits per heavy atom. The molecule has 2 aromatic rings. The third-order valence-corrected chi connectivity index (χ3v) is 2.76. The van der Waals surface area contributed by atoms with E-state index in [0.717, 1.165) is 22.6 Å². The summed E-state index contributed by atoms with van der Waals surface area (Å²) in [4.78, 5) is 11.8. The van der Waals surface area contributed by atoms with E-state index in [1.807, 2.05) is 13.0 Å². The van der Waals surface area contributed by atoms with Crippen LogP contribution < -0.4 is 0 Å². The molecule has 1 N–H and O–H groups in total. The summed E-state index contributed by atoms with van der Waals surface area (Å²) in [5.74, 6) is 1.45. The molecule has 2 aromatic heterocycles. The first-order valence-electron chi connectivity index (χ1n) is 4.77. The fourth-order valence-electron chi connectivity index (χ4n) is 1.78. The summed E-state index contributed by atoms with van der Waals surface area (Å²) in [6, 6.07) is 1.92. The quantitative estimate of drug-likeness (QED) is 0.781. The van der Waals surface area contributed by atoms with Crippen molar-refractivity contribution in [2.75, 3.05) is 0 Å². The Kier molecular flexibility index (Phi) is 1.59. The highest BCUT2D eigenvalue weighted by Crippen LogP contribution is 2.42. The standard InChI is InChI=1S/C10H10ClN3/c1-5-12-9(6-2-3-6)7-4-8(11)14-10(7)13-5/h4,6H,2-3H2,1H3,(H,12,13,14). The van der Waals surface area contributed by atoms with E-state index in [-0.39, 0.29) is 0 Å². The largest absolute Gasteiger partial charge is 0.330 e. The molecule has 4 heteroatoms. The van der Waals surface area contributed by atoms with Crippen LogP contribution in [0.4, 0.5) is 0 Å². The van der Waals surface area contributed by atoms with Crippen molar-refractivity contribution in [2.24, 2.45) is 0 Å². The number of halogens is 1. The van der Waals surface area contributed by atoms with Crippen LogP contribution in [0.25, 0.3) is 11.0 Å². The molecular weight excluding hydrogens is 198 g/mol. The number of hydrogen-bond donors (Lipinski definition) is 1. The van der Waals surface area contributed by atoms with Crippen LogP contribution in [0.2, 0.25) is 5.15 Å². The maximum absolute atomic E-state index is 5.91. The van der Waals surface area contributed by atoms with Crippen molar-refractivity contribution in [2.45, 2.75) is 25.7 Å². The van der Waals surface area contributed by atoms with Gasteiger partial charge in [-0.25, -0.2) is 9.97 Å². The fraction of sp³-hybridized carbons (Fsp3) is 0.400. The van der Waals surface area contributed by atoms with Crippen molar-refractivity contribution in [3.8, 4) is 0 Å². The molecule has 1 aliphatic rings. The Bertz CT molecular complexity index is 499. The molecule has 0 spiro atoms. The Hall–Kier alpha value is -1.09. The van der Waals surface area contributed by atoms with Gasteiger partial charge in [-0.15, -0.1) is 0 Å². The molecule has 1 aliphatic carbocycles. The number of hydrogen-bond acceptors (Lipinski definition) is 2. The number of nitrogens with one attached hydrogen (secondary N) is 1. The van der Waals surface area contributed by atoms with Crippen LogP contribution in [-0.2, 0) is 0 Å². The first-order chi connectivity index (χ1) is 6.74. The van der Waals surface area contributed by atoms with Gasteiger partial charge in [-0.1, -0.05) is 11.6 Å². The third kappa shape index (κ3) is 1.20. The van der Waals surface area contributed by atoms with Crippen molar-refractivity contribution in [3.05, 3.63) is 22.7 Å². The molecule has 0 bridgehead atoms. The molecule has 72 valence electrons. The number of H-pyrrole nitrogens is 1. The highest BCUT2D eigenvalue weighted by molar-refractivity contribution is 6.30. The van der Waals surface area contributed by atoms with Crippen LogP contribution in [-0.4, -0.2) is 15.0 Å². The molecule has 3 nitrogen and oxygen atoms in total. The maximum atomic E-state index is 5.91. The molecule has 0 aromatic carbocycles. The zero-order valence-corrected chi connectivity index (χ0v) is 8.60. The summed E-state index contributed by atoms with van der Waals surface area (Å²) in [5, 5.41) is 1.73. The van der Waals surface area contributed by atoms with Crippen LogP contribution in [0.1, 0.15) is 30.3 Å². The average Bonchev–Trinajstić information content (AvgIpc) is 2.87. The van der Waals surface area contributed by atoms with E-state index in [2.05, 4.69) is 15.0 Å². The van der Waals surface area contributed by atoms with Gasteiger partial charge in [0, 0.05) is 11.3 Å². The molecule has 1 fully saturated rings. The van der Waals surface area contributed by atoms with E-state index in [1.165, 1.54) is 12.8 Å². The number of nitrogens with zero attached hydrogens (tertiary/aromatic N) is 2. The summed E-state index contributed by atoms with van der Waals surface area (Å²) >= 11 is 5.91. The monoisotopic (exact) mass is 207 g/mol. The van der Waals surface area contributed by atoms with E-state index in [9.17, 15) is 0 Å². The fourth-order valence-corrected chi connectivity index (χ4v) is 1.98. The van der Waals surface area contributed by atoms with Gasteiger partial charge in [0.25, 0.3) is 0 Å². The second-order valence-electron chi connectivity index (χ2n) is 3.81. The van der Waals surface area contributed by atoms with E-state index in [4.69, 9.17) is 11.6 Å². The molecule has 1 saturated carbocycles. The first kappa shape index (κ1) is 8.24. The average molecular weight is 208 g/mol. The van der Waals surface area contributed by atoms with Gasteiger partial charge in [-0.2, -0.15) is 0 Å². The molecule has 0 amide bonds. The lowest BCUT2D eigenvalue weighted by atomic mass is 10.2. The zero-order chi connectivity index (χ0) is 9.71. The highest BCUT2D eigenvalue weighted by Gasteiger charge is 2.28. The molecule has 2 heterocycles.